The summed E-state index contributed by atoms with van der Waals surface area (Å²) in [4.78, 5) is 10.7. The van der Waals surface area contributed by atoms with Gasteiger partial charge in [0.1, 0.15) is 6.04 Å². The fourth-order valence-corrected chi connectivity index (χ4v) is 2.58. The molecule has 0 aliphatic heterocycles. The first-order valence-electron chi connectivity index (χ1n) is 4.44. The minimum atomic E-state index is -3.64. The Morgan fingerprint density at radius 1 is 1.38 bits per heavy atom. The second kappa shape index (κ2) is 5.06. The maximum absolute atomic E-state index is 11.7. The van der Waals surface area contributed by atoms with Crippen molar-refractivity contribution in [1.29, 1.82) is 0 Å². The van der Waals surface area contributed by atoms with Crippen molar-refractivity contribution in [2.45, 2.75) is 10.9 Å². The molecule has 0 heterocycles. The topological polar surface area (TPSA) is 109 Å². The van der Waals surface area contributed by atoms with Crippen LogP contribution in [0.3, 0.4) is 0 Å². The molecule has 1 rings (SSSR count). The largest absolute Gasteiger partial charge is 0.480 e. The van der Waals surface area contributed by atoms with Crippen LogP contribution in [0.25, 0.3) is 0 Å². The van der Waals surface area contributed by atoms with Gasteiger partial charge in [0.05, 0.1) is 10.6 Å². The summed E-state index contributed by atoms with van der Waals surface area (Å²) in [5, 5.41) is 8.68. The van der Waals surface area contributed by atoms with Gasteiger partial charge in [-0.05, 0) is 12.1 Å². The van der Waals surface area contributed by atoms with Gasteiger partial charge in [0.2, 0.25) is 0 Å². The van der Waals surface area contributed by atoms with Gasteiger partial charge < -0.3 is 5.11 Å². The molecule has 7 heteroatoms. The molecule has 16 heavy (non-hydrogen) atoms. The Hall–Kier alpha value is -1.44. The Morgan fingerprint density at radius 3 is 2.38 bits per heavy atom. The molecule has 0 aromatic heterocycles. The van der Waals surface area contributed by atoms with Crippen molar-refractivity contribution in [3.05, 3.63) is 30.3 Å². The normalized spacial score (nSPS) is 13.3. The van der Waals surface area contributed by atoms with Crippen molar-refractivity contribution in [3.8, 4) is 0 Å². The molecule has 0 radical (unpaired) electrons. The van der Waals surface area contributed by atoms with E-state index in [4.69, 9.17) is 10.9 Å². The summed E-state index contributed by atoms with van der Waals surface area (Å²) in [5.74, 6) is 3.08. The van der Waals surface area contributed by atoms with Crippen molar-refractivity contribution in [3.63, 3.8) is 0 Å². The van der Waals surface area contributed by atoms with Crippen LogP contribution < -0.4 is 11.3 Å². The van der Waals surface area contributed by atoms with E-state index in [1.807, 2.05) is 5.43 Å². The highest BCUT2D eigenvalue weighted by atomic mass is 32.2. The number of hydrogen-bond acceptors (Lipinski definition) is 5. The van der Waals surface area contributed by atoms with Crippen LogP contribution in [0.2, 0.25) is 0 Å². The van der Waals surface area contributed by atoms with Crippen molar-refractivity contribution < 1.29 is 18.3 Å². The van der Waals surface area contributed by atoms with Gasteiger partial charge >= 0.3 is 5.97 Å². The number of nitrogens with two attached hydrogens (primary N) is 1. The van der Waals surface area contributed by atoms with Gasteiger partial charge in [-0.25, -0.2) is 13.8 Å². The van der Waals surface area contributed by atoms with Gasteiger partial charge in [-0.1, -0.05) is 18.2 Å². The van der Waals surface area contributed by atoms with Gasteiger partial charge in [0.15, 0.2) is 9.84 Å². The predicted molar refractivity (Wildman–Crippen MR) is 57.2 cm³/mol. The number of carbonyl (C=O) groups is 1. The molecule has 0 saturated heterocycles. The van der Waals surface area contributed by atoms with E-state index in [0.717, 1.165) is 0 Å². The van der Waals surface area contributed by atoms with Crippen molar-refractivity contribution in [2.75, 3.05) is 5.75 Å². The second-order valence-corrected chi connectivity index (χ2v) is 5.19. The minimum Gasteiger partial charge on any atom is -0.480 e. The average Bonchev–Trinajstić information content (AvgIpc) is 2.27. The molecule has 0 fully saturated rings. The van der Waals surface area contributed by atoms with Crippen molar-refractivity contribution >= 4 is 15.8 Å². The van der Waals surface area contributed by atoms with Gasteiger partial charge in [0, 0.05) is 0 Å². The molecular weight excluding hydrogens is 232 g/mol. The van der Waals surface area contributed by atoms with E-state index in [1.54, 1.807) is 18.2 Å². The zero-order valence-corrected chi connectivity index (χ0v) is 9.15. The molecule has 0 amide bonds. The predicted octanol–water partition coefficient (Wildman–Crippen LogP) is -0.623. The average molecular weight is 244 g/mol. The maximum Gasteiger partial charge on any atom is 0.323 e. The number of aliphatic carboxylic acids is 1. The Morgan fingerprint density at radius 2 is 1.94 bits per heavy atom. The number of hydrazine groups is 1. The highest BCUT2D eigenvalue weighted by molar-refractivity contribution is 7.91. The third-order valence-electron chi connectivity index (χ3n) is 1.99. The Labute approximate surface area is 93.0 Å². The van der Waals surface area contributed by atoms with Gasteiger partial charge in [0.25, 0.3) is 0 Å². The zero-order chi connectivity index (χ0) is 12.2. The van der Waals surface area contributed by atoms with Gasteiger partial charge in [-0.3, -0.25) is 10.6 Å². The molecule has 0 bridgehead atoms. The molecule has 0 spiro atoms. The third-order valence-corrected chi connectivity index (χ3v) is 3.75. The minimum absolute atomic E-state index is 0.0801. The highest BCUT2D eigenvalue weighted by Crippen LogP contribution is 2.11. The van der Waals surface area contributed by atoms with Gasteiger partial charge in [-0.2, -0.15) is 0 Å². The molecule has 88 valence electrons. The number of rotatable bonds is 5. The molecule has 1 atom stereocenters. The molecule has 4 N–H and O–H groups in total. The molecule has 0 saturated carbocycles. The number of hydrogen-bond donors (Lipinski definition) is 3. The van der Waals surface area contributed by atoms with Crippen LogP contribution in [-0.4, -0.2) is 31.3 Å². The van der Waals surface area contributed by atoms with Crippen LogP contribution in [0.5, 0.6) is 0 Å². The summed E-state index contributed by atoms with van der Waals surface area (Å²) in [6, 6.07) is 6.31. The van der Waals surface area contributed by atoms with E-state index in [0.29, 0.717) is 0 Å². The Balaban J connectivity index is 2.92. The molecule has 0 aliphatic carbocycles. The summed E-state index contributed by atoms with van der Waals surface area (Å²) in [5.41, 5.74) is 1.95. The van der Waals surface area contributed by atoms with E-state index < -0.39 is 27.6 Å². The molecule has 1 unspecified atom stereocenters. The van der Waals surface area contributed by atoms with Crippen molar-refractivity contribution in [1.82, 2.24) is 5.43 Å². The Bertz CT molecular complexity index is 458. The van der Waals surface area contributed by atoms with Crippen LogP contribution in [0.4, 0.5) is 0 Å². The molecular formula is C9H12N2O4S. The van der Waals surface area contributed by atoms with Crippen LogP contribution in [-0.2, 0) is 14.6 Å². The summed E-state index contributed by atoms with van der Waals surface area (Å²) < 4.78 is 23.5. The number of benzene rings is 1. The fraction of sp³-hybridized carbons (Fsp3) is 0.222. The van der Waals surface area contributed by atoms with Gasteiger partial charge in [-0.15, -0.1) is 0 Å². The van der Waals surface area contributed by atoms with Crippen LogP contribution >= 0.6 is 0 Å². The first-order valence-corrected chi connectivity index (χ1v) is 6.09. The lowest BCUT2D eigenvalue weighted by molar-refractivity contribution is -0.138. The quantitative estimate of drug-likeness (QED) is 0.470. The number of carboxylic acid groups (broad SMARTS) is 1. The molecule has 1 aromatic rings. The van der Waals surface area contributed by atoms with Crippen LogP contribution in [0.1, 0.15) is 0 Å². The van der Waals surface area contributed by atoms with E-state index in [-0.39, 0.29) is 4.90 Å². The monoisotopic (exact) mass is 244 g/mol. The van der Waals surface area contributed by atoms with E-state index in [2.05, 4.69) is 0 Å². The standard InChI is InChI=1S/C9H12N2O4S/c10-11-8(9(12)13)6-16(14,15)7-4-2-1-3-5-7/h1-5,8,11H,6,10H2,(H,12,13). The van der Waals surface area contributed by atoms with Crippen LogP contribution in [0.15, 0.2) is 35.2 Å². The molecule has 6 nitrogen and oxygen atoms in total. The van der Waals surface area contributed by atoms with E-state index in [9.17, 15) is 13.2 Å². The molecule has 0 aliphatic rings. The first-order chi connectivity index (χ1) is 7.47. The summed E-state index contributed by atoms with van der Waals surface area (Å²) in [6.07, 6.45) is 0. The van der Waals surface area contributed by atoms with Crippen molar-refractivity contribution in [2.24, 2.45) is 5.84 Å². The number of sulfone groups is 1. The highest BCUT2D eigenvalue weighted by Gasteiger charge is 2.25. The lowest BCUT2D eigenvalue weighted by Gasteiger charge is -2.11. The number of nitrogens with one attached hydrogen (secondary N) is 1. The third kappa shape index (κ3) is 3.02. The fourth-order valence-electron chi connectivity index (χ4n) is 1.13. The maximum atomic E-state index is 11.7. The summed E-state index contributed by atoms with van der Waals surface area (Å²) >= 11 is 0. The van der Waals surface area contributed by atoms with E-state index >= 15 is 0 Å². The van der Waals surface area contributed by atoms with E-state index in [1.165, 1.54) is 12.1 Å². The zero-order valence-electron chi connectivity index (χ0n) is 8.33. The second-order valence-electron chi connectivity index (χ2n) is 3.15. The summed E-state index contributed by atoms with van der Waals surface area (Å²) in [7, 11) is -3.64. The lowest BCUT2D eigenvalue weighted by atomic mass is 10.4. The first kappa shape index (κ1) is 12.6. The van der Waals surface area contributed by atoms with Crippen LogP contribution in [0, 0.1) is 0 Å². The smallest absolute Gasteiger partial charge is 0.323 e. The number of carboxylic acids is 1. The Kier molecular flexibility index (Phi) is 3.99. The molecule has 1 aromatic carbocycles. The SMILES string of the molecule is NNC(CS(=O)(=O)c1ccccc1)C(=O)O. The lowest BCUT2D eigenvalue weighted by Crippen LogP contribution is -2.45. The summed E-state index contributed by atoms with van der Waals surface area (Å²) in [6.45, 7) is 0.